The highest BCUT2D eigenvalue weighted by atomic mass is 15.3. The predicted octanol–water partition coefficient (Wildman–Crippen LogP) is 2.41. The summed E-state index contributed by atoms with van der Waals surface area (Å²) in [6, 6.07) is 10.6. The molecule has 0 radical (unpaired) electrons. The fourth-order valence-electron chi connectivity index (χ4n) is 2.07. The highest BCUT2D eigenvalue weighted by molar-refractivity contribution is 5.14. The fraction of sp³-hybridized carbons (Fsp3) is 0.467. The van der Waals surface area contributed by atoms with Crippen LogP contribution in [0.25, 0.3) is 0 Å². The number of hydrogen-bond acceptors (Lipinski definition) is 3. The molecule has 0 atom stereocenters. The van der Waals surface area contributed by atoms with E-state index in [0.717, 1.165) is 44.7 Å². The summed E-state index contributed by atoms with van der Waals surface area (Å²) in [5.74, 6) is 1.03. The molecule has 2 aromatic rings. The van der Waals surface area contributed by atoms with E-state index in [1.807, 2.05) is 4.68 Å². The number of rotatable bonds is 8. The summed E-state index contributed by atoms with van der Waals surface area (Å²) in [4.78, 5) is 4.30. The van der Waals surface area contributed by atoms with Gasteiger partial charge in [-0.1, -0.05) is 37.3 Å². The molecule has 4 nitrogen and oxygen atoms in total. The second-order valence-corrected chi connectivity index (χ2v) is 4.67. The summed E-state index contributed by atoms with van der Waals surface area (Å²) in [6.07, 6.45) is 4.96. The third-order valence-electron chi connectivity index (χ3n) is 3.08. The van der Waals surface area contributed by atoms with Crippen LogP contribution in [0.3, 0.4) is 0 Å². The minimum absolute atomic E-state index is 0.805. The van der Waals surface area contributed by atoms with Gasteiger partial charge in [0.1, 0.15) is 12.2 Å². The quantitative estimate of drug-likeness (QED) is 0.739. The van der Waals surface area contributed by atoms with Crippen molar-refractivity contribution >= 4 is 0 Å². The zero-order valence-electron chi connectivity index (χ0n) is 11.5. The standard InChI is InChI=1S/C15H22N4/c1-2-10-16-12-15-17-13-18-19(15)11-6-9-14-7-4-3-5-8-14/h3-5,7-8,13,16H,2,6,9-12H2,1H3. The normalized spacial score (nSPS) is 10.8. The number of hydrogen-bond donors (Lipinski definition) is 1. The molecule has 4 heteroatoms. The number of aryl methyl sites for hydroxylation is 2. The van der Waals surface area contributed by atoms with Crippen LogP contribution in [0.1, 0.15) is 31.2 Å². The molecule has 0 aliphatic rings. The molecule has 0 aliphatic carbocycles. The van der Waals surface area contributed by atoms with Gasteiger partial charge in [0.05, 0.1) is 6.54 Å². The van der Waals surface area contributed by atoms with E-state index >= 15 is 0 Å². The molecule has 19 heavy (non-hydrogen) atoms. The Kier molecular flexibility index (Phi) is 5.56. The van der Waals surface area contributed by atoms with Crippen molar-refractivity contribution in [3.05, 3.63) is 48.0 Å². The van der Waals surface area contributed by atoms with E-state index in [1.54, 1.807) is 6.33 Å². The lowest BCUT2D eigenvalue weighted by Gasteiger charge is -2.07. The first kappa shape index (κ1) is 13.7. The lowest BCUT2D eigenvalue weighted by atomic mass is 10.1. The van der Waals surface area contributed by atoms with E-state index in [4.69, 9.17) is 0 Å². The second kappa shape index (κ2) is 7.69. The molecule has 0 saturated carbocycles. The van der Waals surface area contributed by atoms with Gasteiger partial charge in [0, 0.05) is 6.54 Å². The van der Waals surface area contributed by atoms with Gasteiger partial charge in [0.25, 0.3) is 0 Å². The topological polar surface area (TPSA) is 42.7 Å². The van der Waals surface area contributed by atoms with Crippen molar-refractivity contribution in [1.29, 1.82) is 0 Å². The Bertz CT molecular complexity index is 464. The van der Waals surface area contributed by atoms with E-state index in [2.05, 4.69) is 52.7 Å². The zero-order valence-corrected chi connectivity index (χ0v) is 11.5. The Hall–Kier alpha value is -1.68. The maximum atomic E-state index is 4.30. The molecule has 1 aromatic heterocycles. The van der Waals surface area contributed by atoms with E-state index in [-0.39, 0.29) is 0 Å². The maximum Gasteiger partial charge on any atom is 0.140 e. The third kappa shape index (κ3) is 4.48. The molecule has 0 amide bonds. The molecule has 1 N–H and O–H groups in total. The molecule has 2 rings (SSSR count). The third-order valence-corrected chi connectivity index (χ3v) is 3.08. The van der Waals surface area contributed by atoms with Crippen molar-refractivity contribution in [2.24, 2.45) is 0 Å². The van der Waals surface area contributed by atoms with Crippen LogP contribution >= 0.6 is 0 Å². The molecule has 0 unspecified atom stereocenters. The Balaban J connectivity index is 1.78. The van der Waals surface area contributed by atoms with Crippen LogP contribution in [0.4, 0.5) is 0 Å². The molecule has 102 valence electrons. The minimum Gasteiger partial charge on any atom is -0.310 e. The van der Waals surface area contributed by atoms with E-state index in [0.29, 0.717) is 0 Å². The van der Waals surface area contributed by atoms with Crippen LogP contribution in [-0.4, -0.2) is 21.3 Å². The van der Waals surface area contributed by atoms with Gasteiger partial charge in [-0.25, -0.2) is 9.67 Å². The lowest BCUT2D eigenvalue weighted by Crippen LogP contribution is -2.18. The molecule has 0 aliphatic heterocycles. The van der Waals surface area contributed by atoms with Gasteiger partial charge >= 0.3 is 0 Å². The van der Waals surface area contributed by atoms with Gasteiger partial charge in [-0.15, -0.1) is 0 Å². The first-order chi connectivity index (χ1) is 9.40. The number of aromatic nitrogens is 3. The molecule has 0 bridgehead atoms. The van der Waals surface area contributed by atoms with Crippen molar-refractivity contribution in [2.45, 2.75) is 39.3 Å². The first-order valence-electron chi connectivity index (χ1n) is 7.01. The van der Waals surface area contributed by atoms with Gasteiger partial charge in [0.15, 0.2) is 0 Å². The molecule has 0 spiro atoms. The van der Waals surface area contributed by atoms with Crippen LogP contribution in [0.5, 0.6) is 0 Å². The average molecular weight is 258 g/mol. The van der Waals surface area contributed by atoms with Crippen molar-refractivity contribution in [2.75, 3.05) is 6.54 Å². The summed E-state index contributed by atoms with van der Waals surface area (Å²) in [6.45, 7) is 4.92. The molecule has 0 fully saturated rings. The van der Waals surface area contributed by atoms with Crippen LogP contribution in [0.2, 0.25) is 0 Å². The van der Waals surface area contributed by atoms with Gasteiger partial charge in [0.2, 0.25) is 0 Å². The van der Waals surface area contributed by atoms with E-state index < -0.39 is 0 Å². The van der Waals surface area contributed by atoms with Crippen molar-refractivity contribution in [1.82, 2.24) is 20.1 Å². The van der Waals surface area contributed by atoms with Gasteiger partial charge in [-0.2, -0.15) is 5.10 Å². The first-order valence-corrected chi connectivity index (χ1v) is 7.01. The van der Waals surface area contributed by atoms with Gasteiger partial charge in [-0.3, -0.25) is 0 Å². The van der Waals surface area contributed by atoms with Crippen molar-refractivity contribution < 1.29 is 0 Å². The van der Waals surface area contributed by atoms with Crippen LogP contribution in [0.15, 0.2) is 36.7 Å². The molecule has 0 saturated heterocycles. The Morgan fingerprint density at radius 3 is 2.84 bits per heavy atom. The summed E-state index contributed by atoms with van der Waals surface area (Å²) < 4.78 is 2.01. The van der Waals surface area contributed by atoms with Gasteiger partial charge < -0.3 is 5.32 Å². The SMILES string of the molecule is CCCNCc1ncnn1CCCc1ccccc1. The number of nitrogens with one attached hydrogen (secondary N) is 1. The van der Waals surface area contributed by atoms with Crippen LogP contribution < -0.4 is 5.32 Å². The monoisotopic (exact) mass is 258 g/mol. The molecular formula is C15H22N4. The fourth-order valence-corrected chi connectivity index (χ4v) is 2.07. The molecule has 1 heterocycles. The van der Waals surface area contributed by atoms with E-state index in [9.17, 15) is 0 Å². The summed E-state index contributed by atoms with van der Waals surface area (Å²) in [5.41, 5.74) is 1.38. The smallest absolute Gasteiger partial charge is 0.140 e. The lowest BCUT2D eigenvalue weighted by molar-refractivity contribution is 0.528. The molecule has 1 aromatic carbocycles. The number of nitrogens with zero attached hydrogens (tertiary/aromatic N) is 3. The van der Waals surface area contributed by atoms with Crippen molar-refractivity contribution in [3.63, 3.8) is 0 Å². The highest BCUT2D eigenvalue weighted by Gasteiger charge is 2.03. The Labute approximate surface area is 114 Å². The Morgan fingerprint density at radius 2 is 2.05 bits per heavy atom. The van der Waals surface area contributed by atoms with Crippen LogP contribution in [0, 0.1) is 0 Å². The second-order valence-electron chi connectivity index (χ2n) is 4.67. The summed E-state index contributed by atoms with van der Waals surface area (Å²) >= 11 is 0. The minimum atomic E-state index is 0.805. The highest BCUT2D eigenvalue weighted by Crippen LogP contribution is 2.04. The summed E-state index contributed by atoms with van der Waals surface area (Å²) in [5, 5.41) is 7.65. The molecular weight excluding hydrogens is 236 g/mol. The largest absolute Gasteiger partial charge is 0.310 e. The summed E-state index contributed by atoms with van der Waals surface area (Å²) in [7, 11) is 0. The van der Waals surface area contributed by atoms with Crippen LogP contribution in [-0.2, 0) is 19.5 Å². The average Bonchev–Trinajstić information content (AvgIpc) is 2.88. The van der Waals surface area contributed by atoms with E-state index in [1.165, 1.54) is 5.56 Å². The Morgan fingerprint density at radius 1 is 1.21 bits per heavy atom. The van der Waals surface area contributed by atoms with Crippen molar-refractivity contribution in [3.8, 4) is 0 Å². The van der Waals surface area contributed by atoms with Gasteiger partial charge in [-0.05, 0) is 31.4 Å². The maximum absolute atomic E-state index is 4.30. The predicted molar refractivity (Wildman–Crippen MR) is 76.8 cm³/mol. The zero-order chi connectivity index (χ0) is 13.3. The number of benzene rings is 1.